The van der Waals surface area contributed by atoms with Crippen LogP contribution in [-0.2, 0) is 9.53 Å². The highest BCUT2D eigenvalue weighted by Crippen LogP contribution is 2.34. The number of hydrogen-bond acceptors (Lipinski definition) is 7. The van der Waals surface area contributed by atoms with Gasteiger partial charge in [0.1, 0.15) is 6.61 Å². The van der Waals surface area contributed by atoms with Gasteiger partial charge in [0.2, 0.25) is 0 Å². The van der Waals surface area contributed by atoms with Crippen LogP contribution in [0.25, 0.3) is 6.08 Å². The summed E-state index contributed by atoms with van der Waals surface area (Å²) in [5, 5.41) is 0. The molecule has 9 heteroatoms. The minimum absolute atomic E-state index is 0.117. The molecule has 0 amide bonds. The Morgan fingerprint density at radius 2 is 2.03 bits per heavy atom. The van der Waals surface area contributed by atoms with Crippen LogP contribution in [0.5, 0.6) is 11.5 Å². The van der Waals surface area contributed by atoms with Gasteiger partial charge in [-0.25, -0.2) is 9.79 Å². The number of allylic oxidation sites excluding steroid dienone is 1. The van der Waals surface area contributed by atoms with Crippen LogP contribution in [0.3, 0.4) is 0 Å². The maximum absolute atomic E-state index is 13.6. The molecule has 0 fully saturated rings. The third-order valence-electron chi connectivity index (χ3n) is 5.39. The largest absolute Gasteiger partial charge is 0.493 e. The zero-order valence-corrected chi connectivity index (χ0v) is 22.2. The van der Waals surface area contributed by atoms with E-state index in [1.165, 1.54) is 18.4 Å². The molecule has 178 valence electrons. The molecule has 0 bridgehead atoms. The van der Waals surface area contributed by atoms with Crippen molar-refractivity contribution >= 4 is 46.0 Å². The van der Waals surface area contributed by atoms with Crippen LogP contribution in [0.1, 0.15) is 24.1 Å². The number of hydrogen-bond donors (Lipinski definition) is 0. The Labute approximate surface area is 219 Å². The molecule has 1 aromatic heterocycles. The molecule has 1 atom stereocenters. The van der Waals surface area contributed by atoms with Crippen LogP contribution in [0.2, 0.25) is 0 Å². The number of rotatable bonds is 6. The third-order valence-corrected chi connectivity index (χ3v) is 7.18. The van der Waals surface area contributed by atoms with Gasteiger partial charge < -0.3 is 14.2 Å². The maximum Gasteiger partial charge on any atom is 0.338 e. The molecular weight excluding hydrogens is 579 g/mol. The molecule has 0 saturated heterocycles. The lowest BCUT2D eigenvalue weighted by atomic mass is 9.96. The molecular formula is C26H21IN2O5S. The summed E-state index contributed by atoms with van der Waals surface area (Å²) < 4.78 is 18.9. The summed E-state index contributed by atoms with van der Waals surface area (Å²) in [6.45, 7) is 1.87. The van der Waals surface area contributed by atoms with Gasteiger partial charge in [-0.15, -0.1) is 6.42 Å². The first-order chi connectivity index (χ1) is 16.9. The fraction of sp³-hybridized carbons (Fsp3) is 0.192. The van der Waals surface area contributed by atoms with Gasteiger partial charge in [0.05, 0.1) is 39.6 Å². The SMILES string of the molecule is C#CCOc1c(I)cc(C=c2sc3n(c2=O)C(c2ccccc2)C(C(=O)OC)=C(C)N=3)cc1OC. The zero-order chi connectivity index (χ0) is 25.1. The number of carbonyl (C=O) groups is 1. The van der Waals surface area contributed by atoms with Crippen molar-refractivity contribution in [1.29, 1.82) is 0 Å². The highest BCUT2D eigenvalue weighted by Gasteiger charge is 2.32. The van der Waals surface area contributed by atoms with Crippen LogP contribution in [-0.4, -0.2) is 31.4 Å². The first kappa shape index (κ1) is 24.8. The predicted molar refractivity (Wildman–Crippen MR) is 142 cm³/mol. The summed E-state index contributed by atoms with van der Waals surface area (Å²) in [6.07, 6.45) is 7.09. The lowest BCUT2D eigenvalue weighted by molar-refractivity contribution is -0.136. The topological polar surface area (TPSA) is 79.1 Å². The Balaban J connectivity index is 1.90. The number of terminal acetylenes is 1. The molecule has 0 spiro atoms. The van der Waals surface area contributed by atoms with Gasteiger partial charge in [0.25, 0.3) is 5.56 Å². The van der Waals surface area contributed by atoms with E-state index < -0.39 is 12.0 Å². The van der Waals surface area contributed by atoms with Crippen LogP contribution >= 0.6 is 33.9 Å². The summed E-state index contributed by atoms with van der Waals surface area (Å²) in [5.41, 5.74) is 2.15. The molecule has 2 heterocycles. The van der Waals surface area contributed by atoms with Crippen molar-refractivity contribution in [1.82, 2.24) is 4.57 Å². The number of methoxy groups -OCH3 is 2. The third kappa shape index (κ3) is 4.76. The average molecular weight is 600 g/mol. The molecule has 7 nitrogen and oxygen atoms in total. The fourth-order valence-electron chi connectivity index (χ4n) is 3.87. The normalized spacial score (nSPS) is 15.2. The Kier molecular flexibility index (Phi) is 7.42. The molecule has 2 aromatic carbocycles. The van der Waals surface area contributed by atoms with Crippen LogP contribution in [0.4, 0.5) is 0 Å². The van der Waals surface area contributed by atoms with E-state index in [-0.39, 0.29) is 12.2 Å². The van der Waals surface area contributed by atoms with Crippen LogP contribution < -0.4 is 24.4 Å². The summed E-state index contributed by atoms with van der Waals surface area (Å²) in [7, 11) is 2.87. The second kappa shape index (κ2) is 10.5. The van der Waals surface area contributed by atoms with Crippen molar-refractivity contribution in [3.05, 3.63) is 88.1 Å². The zero-order valence-electron chi connectivity index (χ0n) is 19.2. The summed E-state index contributed by atoms with van der Waals surface area (Å²) in [5.74, 6) is 2.98. The van der Waals surface area contributed by atoms with Gasteiger partial charge in [-0.2, -0.15) is 0 Å². The predicted octanol–water partition coefficient (Wildman–Crippen LogP) is 3.03. The van der Waals surface area contributed by atoms with Crippen molar-refractivity contribution in [2.45, 2.75) is 13.0 Å². The highest BCUT2D eigenvalue weighted by molar-refractivity contribution is 14.1. The lowest BCUT2D eigenvalue weighted by Crippen LogP contribution is -2.39. The summed E-state index contributed by atoms with van der Waals surface area (Å²) in [6, 6.07) is 12.4. The van der Waals surface area contributed by atoms with E-state index in [1.807, 2.05) is 36.4 Å². The fourth-order valence-corrected chi connectivity index (χ4v) is 5.70. The monoisotopic (exact) mass is 600 g/mol. The number of nitrogens with zero attached hydrogens (tertiary/aromatic N) is 2. The molecule has 0 radical (unpaired) electrons. The van der Waals surface area contributed by atoms with E-state index in [0.29, 0.717) is 32.1 Å². The number of halogens is 1. The Bertz CT molecular complexity index is 1550. The second-order valence-electron chi connectivity index (χ2n) is 7.51. The molecule has 1 unspecified atom stereocenters. The first-order valence-corrected chi connectivity index (χ1v) is 12.4. The van der Waals surface area contributed by atoms with Gasteiger partial charge in [-0.05, 0) is 58.9 Å². The molecule has 3 aromatic rings. The van der Waals surface area contributed by atoms with Crippen molar-refractivity contribution < 1.29 is 19.0 Å². The first-order valence-electron chi connectivity index (χ1n) is 10.5. The van der Waals surface area contributed by atoms with Gasteiger partial charge >= 0.3 is 5.97 Å². The molecule has 4 rings (SSSR count). The van der Waals surface area contributed by atoms with Crippen molar-refractivity contribution in [2.24, 2.45) is 4.99 Å². The molecule has 35 heavy (non-hydrogen) atoms. The number of benzene rings is 2. The maximum atomic E-state index is 13.6. The summed E-state index contributed by atoms with van der Waals surface area (Å²) >= 11 is 3.40. The smallest absolute Gasteiger partial charge is 0.338 e. The molecule has 1 aliphatic rings. The van der Waals surface area contributed by atoms with E-state index in [4.69, 9.17) is 20.6 Å². The number of esters is 1. The van der Waals surface area contributed by atoms with Crippen LogP contribution in [0, 0.1) is 15.9 Å². The summed E-state index contributed by atoms with van der Waals surface area (Å²) in [4.78, 5) is 31.4. The minimum Gasteiger partial charge on any atom is -0.493 e. The van der Waals surface area contributed by atoms with E-state index in [0.717, 1.165) is 14.7 Å². The Hall–Kier alpha value is -3.36. The molecule has 0 N–H and O–H groups in total. The molecule has 0 saturated carbocycles. The van der Waals surface area contributed by atoms with Gasteiger partial charge in [0, 0.05) is 0 Å². The standard InChI is InChI=1S/C26H21IN2O5S/c1-5-11-34-23-18(27)12-16(13-19(23)32-3)14-20-24(30)29-22(17-9-7-6-8-10-17)21(25(31)33-4)15(2)28-26(29)35-20/h1,6-10,12-14,22H,11H2,2-4H3. The van der Waals surface area contributed by atoms with Gasteiger partial charge in [0.15, 0.2) is 16.3 Å². The minimum atomic E-state index is -0.642. The number of ether oxygens (including phenoxy) is 3. The van der Waals surface area contributed by atoms with Crippen molar-refractivity contribution in [3.63, 3.8) is 0 Å². The highest BCUT2D eigenvalue weighted by atomic mass is 127. The number of thiazole rings is 1. The quantitative estimate of drug-likeness (QED) is 0.247. The number of aromatic nitrogens is 1. The Morgan fingerprint density at radius 3 is 2.69 bits per heavy atom. The average Bonchev–Trinajstić information content (AvgIpc) is 3.16. The van der Waals surface area contributed by atoms with E-state index >= 15 is 0 Å². The van der Waals surface area contributed by atoms with Crippen LogP contribution in [0.15, 0.2) is 63.5 Å². The molecule has 1 aliphatic heterocycles. The molecule has 0 aliphatic carbocycles. The second-order valence-corrected chi connectivity index (χ2v) is 9.68. The van der Waals surface area contributed by atoms with Gasteiger partial charge in [-0.3, -0.25) is 9.36 Å². The Morgan fingerprint density at radius 1 is 1.29 bits per heavy atom. The number of carbonyl (C=O) groups excluding carboxylic acids is 1. The van der Waals surface area contributed by atoms with E-state index in [2.05, 4.69) is 33.5 Å². The van der Waals surface area contributed by atoms with Crippen molar-refractivity contribution in [3.8, 4) is 23.8 Å². The van der Waals surface area contributed by atoms with Gasteiger partial charge in [-0.1, -0.05) is 47.6 Å². The van der Waals surface area contributed by atoms with E-state index in [9.17, 15) is 9.59 Å². The van der Waals surface area contributed by atoms with Crippen molar-refractivity contribution in [2.75, 3.05) is 20.8 Å². The number of fused-ring (bicyclic) bond motifs is 1. The lowest BCUT2D eigenvalue weighted by Gasteiger charge is -2.24. The van der Waals surface area contributed by atoms with E-state index in [1.54, 1.807) is 30.7 Å².